The zero-order valence-electron chi connectivity index (χ0n) is 14.0. The van der Waals surface area contributed by atoms with Gasteiger partial charge in [0, 0.05) is 17.7 Å². The summed E-state index contributed by atoms with van der Waals surface area (Å²) in [5.74, 6) is 1.64. The zero-order valence-corrected chi connectivity index (χ0v) is 16.2. The molecule has 4 rings (SSSR count). The standard InChI is InChI=1S/C20H20NO2.HI/c1-20(2)15-6-4-5-7-16(15)21(3)19(20)11-9-14-8-10-17-18(12-14)23-13-22-17;/h4-12H,13H2,1-3H3;1H/q+1;/p-1. The Balaban J connectivity index is 0.00000169. The predicted octanol–water partition coefficient (Wildman–Crippen LogP) is 1.14. The van der Waals surface area contributed by atoms with Gasteiger partial charge < -0.3 is 33.5 Å². The average Bonchev–Trinajstić information content (AvgIpc) is 3.08. The lowest BCUT2D eigenvalue weighted by Crippen LogP contribution is -3.00. The molecule has 0 saturated carbocycles. The molecule has 124 valence electrons. The van der Waals surface area contributed by atoms with Crippen LogP contribution in [0.25, 0.3) is 6.08 Å². The largest absolute Gasteiger partial charge is 1.00 e. The van der Waals surface area contributed by atoms with Gasteiger partial charge in [-0.25, -0.2) is 0 Å². The molecule has 4 heteroatoms. The van der Waals surface area contributed by atoms with E-state index in [2.05, 4.69) is 68.0 Å². The summed E-state index contributed by atoms with van der Waals surface area (Å²) in [5.41, 5.74) is 5.05. The van der Waals surface area contributed by atoms with Gasteiger partial charge in [-0.3, -0.25) is 0 Å². The second-order valence-corrected chi connectivity index (χ2v) is 6.53. The van der Waals surface area contributed by atoms with Crippen molar-refractivity contribution < 1.29 is 38.0 Å². The molecule has 0 fully saturated rings. The van der Waals surface area contributed by atoms with Crippen molar-refractivity contribution in [3.8, 4) is 11.5 Å². The van der Waals surface area contributed by atoms with Crippen molar-refractivity contribution in [1.82, 2.24) is 0 Å². The van der Waals surface area contributed by atoms with Gasteiger partial charge in [0.25, 0.3) is 0 Å². The molecule has 2 aliphatic rings. The molecule has 0 spiro atoms. The molecule has 2 aromatic rings. The van der Waals surface area contributed by atoms with E-state index in [9.17, 15) is 0 Å². The highest BCUT2D eigenvalue weighted by Crippen LogP contribution is 2.39. The van der Waals surface area contributed by atoms with Crippen molar-refractivity contribution in [2.45, 2.75) is 19.3 Å². The molecule has 0 amide bonds. The number of benzene rings is 2. The Morgan fingerprint density at radius 1 is 1.00 bits per heavy atom. The van der Waals surface area contributed by atoms with Crippen LogP contribution < -0.4 is 33.5 Å². The Morgan fingerprint density at radius 3 is 2.54 bits per heavy atom. The minimum Gasteiger partial charge on any atom is -1.00 e. The summed E-state index contributed by atoms with van der Waals surface area (Å²) in [4.78, 5) is 0. The molecule has 2 aromatic carbocycles. The quantitative estimate of drug-likeness (QED) is 0.524. The minimum atomic E-state index is -0.00180. The van der Waals surface area contributed by atoms with Gasteiger partial charge in [0.15, 0.2) is 17.2 Å². The van der Waals surface area contributed by atoms with E-state index < -0.39 is 0 Å². The van der Waals surface area contributed by atoms with E-state index in [0.717, 1.165) is 17.1 Å². The van der Waals surface area contributed by atoms with E-state index in [1.165, 1.54) is 17.0 Å². The monoisotopic (exact) mass is 433 g/mol. The minimum absolute atomic E-state index is 0. The van der Waals surface area contributed by atoms with Crippen LogP contribution in [0.5, 0.6) is 11.5 Å². The van der Waals surface area contributed by atoms with E-state index in [0.29, 0.717) is 6.79 Å². The molecular weight excluding hydrogens is 413 g/mol. The first-order chi connectivity index (χ1) is 11.1. The van der Waals surface area contributed by atoms with Crippen molar-refractivity contribution in [2.24, 2.45) is 0 Å². The molecule has 0 N–H and O–H groups in total. The highest BCUT2D eigenvalue weighted by Gasteiger charge is 2.42. The van der Waals surface area contributed by atoms with Gasteiger partial charge in [0.1, 0.15) is 7.05 Å². The van der Waals surface area contributed by atoms with Gasteiger partial charge >= 0.3 is 0 Å². The van der Waals surface area contributed by atoms with Crippen LogP contribution in [-0.4, -0.2) is 24.1 Å². The molecule has 0 aromatic heterocycles. The Kier molecular flexibility index (Phi) is 4.42. The summed E-state index contributed by atoms with van der Waals surface area (Å²) < 4.78 is 13.1. The predicted molar refractivity (Wildman–Crippen MR) is 91.9 cm³/mol. The Hall–Kier alpha value is -1.82. The van der Waals surface area contributed by atoms with Crippen molar-refractivity contribution in [1.29, 1.82) is 0 Å². The third-order valence-electron chi connectivity index (χ3n) is 4.77. The van der Waals surface area contributed by atoms with Crippen LogP contribution in [0.15, 0.2) is 48.5 Å². The lowest BCUT2D eigenvalue weighted by Gasteiger charge is -2.15. The van der Waals surface area contributed by atoms with Crippen LogP contribution in [0.2, 0.25) is 0 Å². The Labute approximate surface area is 159 Å². The second kappa shape index (κ2) is 6.24. The maximum Gasteiger partial charge on any atom is 0.231 e. The zero-order chi connectivity index (χ0) is 16.0. The first kappa shape index (κ1) is 17.0. The summed E-state index contributed by atoms with van der Waals surface area (Å²) in [6, 6.07) is 14.6. The van der Waals surface area contributed by atoms with Gasteiger partial charge in [-0.2, -0.15) is 4.58 Å². The Bertz CT molecular complexity index is 852. The fraction of sp³-hybridized carbons (Fsp3) is 0.250. The maximum absolute atomic E-state index is 5.45. The molecule has 0 aliphatic carbocycles. The third-order valence-corrected chi connectivity index (χ3v) is 4.77. The molecule has 0 bridgehead atoms. The molecule has 24 heavy (non-hydrogen) atoms. The van der Waals surface area contributed by atoms with Crippen molar-refractivity contribution in [3.63, 3.8) is 0 Å². The SMILES string of the molecule is C[N+]1=C(C=Cc2ccc3c(c2)OCO3)C(C)(C)c2ccccc21.[I-]. The van der Waals surface area contributed by atoms with E-state index in [1.54, 1.807) is 0 Å². The van der Waals surface area contributed by atoms with E-state index in [4.69, 9.17) is 9.47 Å². The van der Waals surface area contributed by atoms with Crippen molar-refractivity contribution in [3.05, 3.63) is 59.7 Å². The van der Waals surface area contributed by atoms with Gasteiger partial charge in [0.05, 0.1) is 5.41 Å². The molecule has 2 aliphatic heterocycles. The van der Waals surface area contributed by atoms with Crippen LogP contribution >= 0.6 is 0 Å². The van der Waals surface area contributed by atoms with Crippen LogP contribution in [0.4, 0.5) is 5.69 Å². The summed E-state index contributed by atoms with van der Waals surface area (Å²) in [7, 11) is 2.13. The van der Waals surface area contributed by atoms with Gasteiger partial charge in [-0.15, -0.1) is 0 Å². The second-order valence-electron chi connectivity index (χ2n) is 6.53. The number of nitrogens with zero attached hydrogens (tertiary/aromatic N) is 1. The highest BCUT2D eigenvalue weighted by atomic mass is 127. The maximum atomic E-state index is 5.45. The number of fused-ring (bicyclic) bond motifs is 2. The number of hydrogen-bond acceptors (Lipinski definition) is 2. The fourth-order valence-corrected chi connectivity index (χ4v) is 3.49. The van der Waals surface area contributed by atoms with Crippen molar-refractivity contribution >= 4 is 17.5 Å². The summed E-state index contributed by atoms with van der Waals surface area (Å²) in [6.07, 6.45) is 4.35. The molecule has 2 heterocycles. The smallest absolute Gasteiger partial charge is 0.231 e. The lowest BCUT2D eigenvalue weighted by atomic mass is 9.81. The molecule has 0 atom stereocenters. The average molecular weight is 433 g/mol. The summed E-state index contributed by atoms with van der Waals surface area (Å²) in [5, 5.41) is 0. The topological polar surface area (TPSA) is 21.5 Å². The van der Waals surface area contributed by atoms with Crippen LogP contribution in [0.3, 0.4) is 0 Å². The number of para-hydroxylation sites is 1. The van der Waals surface area contributed by atoms with Gasteiger partial charge in [-0.1, -0.05) is 24.3 Å². The molecule has 0 unspecified atom stereocenters. The number of allylic oxidation sites excluding steroid dienone is 1. The van der Waals surface area contributed by atoms with Gasteiger partial charge in [-0.05, 0) is 37.6 Å². The van der Waals surface area contributed by atoms with Gasteiger partial charge in [0.2, 0.25) is 12.5 Å². The van der Waals surface area contributed by atoms with Crippen molar-refractivity contribution in [2.75, 3.05) is 13.8 Å². The molecular formula is C20H20INO2. The van der Waals surface area contributed by atoms with Crippen LogP contribution in [-0.2, 0) is 5.41 Å². The first-order valence-electron chi connectivity index (χ1n) is 7.86. The van der Waals surface area contributed by atoms with E-state index in [1.807, 2.05) is 12.1 Å². The normalized spacial score (nSPS) is 17.1. The van der Waals surface area contributed by atoms with Crippen LogP contribution in [0, 0.1) is 0 Å². The number of rotatable bonds is 2. The van der Waals surface area contributed by atoms with E-state index >= 15 is 0 Å². The molecule has 0 radical (unpaired) electrons. The molecule has 3 nitrogen and oxygen atoms in total. The summed E-state index contributed by atoms with van der Waals surface area (Å²) in [6.45, 7) is 4.86. The number of ether oxygens (including phenoxy) is 2. The Morgan fingerprint density at radius 2 is 1.75 bits per heavy atom. The highest BCUT2D eigenvalue weighted by molar-refractivity contribution is 6.05. The van der Waals surface area contributed by atoms with Crippen LogP contribution in [0.1, 0.15) is 25.0 Å². The lowest BCUT2D eigenvalue weighted by molar-refractivity contribution is -0.401. The van der Waals surface area contributed by atoms with E-state index in [-0.39, 0.29) is 29.4 Å². The summed E-state index contributed by atoms with van der Waals surface area (Å²) >= 11 is 0. The first-order valence-corrected chi connectivity index (χ1v) is 7.86. The number of halogens is 1. The number of hydrogen-bond donors (Lipinski definition) is 0. The fourth-order valence-electron chi connectivity index (χ4n) is 3.49. The third kappa shape index (κ3) is 2.62. The molecule has 0 saturated heterocycles.